The van der Waals surface area contributed by atoms with Gasteiger partial charge >= 0.3 is 0 Å². The van der Waals surface area contributed by atoms with Crippen molar-refractivity contribution in [2.24, 2.45) is 0 Å². The van der Waals surface area contributed by atoms with E-state index in [9.17, 15) is 0 Å². The fraction of sp³-hybridized carbons (Fsp3) is 0.182. The fourth-order valence-electron chi connectivity index (χ4n) is 1.59. The van der Waals surface area contributed by atoms with Crippen LogP contribution in [0.3, 0.4) is 0 Å². The van der Waals surface area contributed by atoms with Crippen molar-refractivity contribution < 1.29 is 9.47 Å². The molecule has 1 aromatic carbocycles. The van der Waals surface area contributed by atoms with Gasteiger partial charge in [0.1, 0.15) is 22.8 Å². The van der Waals surface area contributed by atoms with E-state index in [2.05, 4.69) is 4.98 Å². The number of hydrogen-bond acceptors (Lipinski definition) is 4. The number of hydrogen-bond donors (Lipinski definition) is 1. The molecule has 1 aromatic heterocycles. The van der Waals surface area contributed by atoms with Crippen LogP contribution in [0.1, 0.15) is 0 Å². The normalized spacial score (nSPS) is 10.4. The van der Waals surface area contributed by atoms with Crippen LogP contribution in [0.4, 0.5) is 5.82 Å². The van der Waals surface area contributed by atoms with Crippen LogP contribution < -0.4 is 15.2 Å². The van der Waals surface area contributed by atoms with Crippen LogP contribution in [0.25, 0.3) is 10.9 Å². The second-order valence-electron chi connectivity index (χ2n) is 3.22. The molecule has 0 aliphatic heterocycles. The fourth-order valence-corrected chi connectivity index (χ4v) is 1.89. The van der Waals surface area contributed by atoms with E-state index < -0.39 is 0 Å². The number of aromatic nitrogens is 1. The summed E-state index contributed by atoms with van der Waals surface area (Å²) in [7, 11) is 3.15. The molecule has 0 amide bonds. The molecule has 0 saturated heterocycles. The van der Waals surface area contributed by atoms with Gasteiger partial charge < -0.3 is 15.2 Å². The first-order valence-electron chi connectivity index (χ1n) is 4.64. The maximum absolute atomic E-state index is 6.12. The van der Waals surface area contributed by atoms with Gasteiger partial charge in [-0.1, -0.05) is 11.6 Å². The molecule has 0 unspecified atom stereocenters. The van der Waals surface area contributed by atoms with E-state index in [1.54, 1.807) is 32.4 Å². The minimum Gasteiger partial charge on any atom is -0.496 e. The van der Waals surface area contributed by atoms with E-state index in [0.29, 0.717) is 33.2 Å². The molecule has 0 aliphatic rings. The summed E-state index contributed by atoms with van der Waals surface area (Å²) in [5.41, 5.74) is 6.25. The molecule has 0 radical (unpaired) electrons. The topological polar surface area (TPSA) is 57.4 Å². The molecule has 0 fully saturated rings. The summed E-state index contributed by atoms with van der Waals surface area (Å²) in [5, 5.41) is 1.20. The number of rotatable bonds is 2. The number of ether oxygens (including phenoxy) is 2. The Balaban J connectivity index is 2.90. The van der Waals surface area contributed by atoms with Crippen molar-refractivity contribution >= 4 is 28.3 Å². The molecule has 5 heteroatoms. The van der Waals surface area contributed by atoms with Crippen LogP contribution in [0, 0.1) is 0 Å². The average molecular weight is 239 g/mol. The molecule has 0 bridgehead atoms. The Hall–Kier alpha value is -1.68. The summed E-state index contributed by atoms with van der Waals surface area (Å²) in [5.74, 6) is 1.61. The molecule has 84 valence electrons. The second-order valence-corrected chi connectivity index (χ2v) is 3.63. The Morgan fingerprint density at radius 2 is 1.81 bits per heavy atom. The lowest BCUT2D eigenvalue weighted by molar-refractivity contribution is 0.410. The number of methoxy groups -OCH3 is 2. The van der Waals surface area contributed by atoms with E-state index in [1.807, 2.05) is 0 Å². The third kappa shape index (κ3) is 1.61. The van der Waals surface area contributed by atoms with Crippen LogP contribution in [0.5, 0.6) is 11.5 Å². The average Bonchev–Trinajstić information content (AvgIpc) is 2.27. The van der Waals surface area contributed by atoms with E-state index >= 15 is 0 Å². The first-order valence-corrected chi connectivity index (χ1v) is 5.02. The smallest absolute Gasteiger partial charge is 0.145 e. The zero-order valence-electron chi connectivity index (χ0n) is 8.95. The van der Waals surface area contributed by atoms with Crippen LogP contribution in [0.2, 0.25) is 5.02 Å². The van der Waals surface area contributed by atoms with E-state index in [-0.39, 0.29) is 0 Å². The summed E-state index contributed by atoms with van der Waals surface area (Å²) in [6.07, 6.45) is 0. The highest BCUT2D eigenvalue weighted by Gasteiger charge is 2.12. The van der Waals surface area contributed by atoms with Crippen LogP contribution in [-0.4, -0.2) is 19.2 Å². The lowest BCUT2D eigenvalue weighted by Gasteiger charge is -2.10. The maximum atomic E-state index is 6.12. The van der Waals surface area contributed by atoms with Crippen molar-refractivity contribution in [2.75, 3.05) is 20.0 Å². The minimum atomic E-state index is 0.351. The lowest BCUT2D eigenvalue weighted by atomic mass is 10.2. The van der Waals surface area contributed by atoms with Crippen molar-refractivity contribution in [1.82, 2.24) is 4.98 Å². The van der Waals surface area contributed by atoms with Crippen LogP contribution in [0.15, 0.2) is 18.2 Å². The Kier molecular flexibility index (Phi) is 2.75. The molecule has 0 saturated carbocycles. The Morgan fingerprint density at radius 3 is 2.44 bits per heavy atom. The number of fused-ring (bicyclic) bond motifs is 1. The molecule has 0 atom stereocenters. The van der Waals surface area contributed by atoms with Crippen molar-refractivity contribution in [3.8, 4) is 11.5 Å². The summed E-state index contributed by atoms with van der Waals surface area (Å²) in [4.78, 5) is 4.20. The number of nitrogen functional groups attached to an aromatic ring is 1. The van der Waals surface area contributed by atoms with Gasteiger partial charge in [0, 0.05) is 0 Å². The van der Waals surface area contributed by atoms with Gasteiger partial charge in [0.05, 0.1) is 24.6 Å². The molecule has 4 nitrogen and oxygen atoms in total. The number of nitrogens with two attached hydrogens (primary N) is 1. The Bertz CT molecular complexity index is 543. The molecular weight excluding hydrogens is 228 g/mol. The first kappa shape index (κ1) is 10.8. The van der Waals surface area contributed by atoms with Crippen LogP contribution in [-0.2, 0) is 0 Å². The third-order valence-corrected chi connectivity index (χ3v) is 2.59. The SMILES string of the molecule is COc1ccc(OC)c2c(Cl)cc(N)nc12. The number of halogens is 1. The minimum absolute atomic E-state index is 0.351. The quantitative estimate of drug-likeness (QED) is 0.873. The molecule has 0 aliphatic carbocycles. The summed E-state index contributed by atoms with van der Waals surface area (Å²) in [6.45, 7) is 0. The number of benzene rings is 1. The van der Waals surface area contributed by atoms with Gasteiger partial charge in [-0.25, -0.2) is 4.98 Å². The maximum Gasteiger partial charge on any atom is 0.145 e. The summed E-state index contributed by atoms with van der Waals surface area (Å²) < 4.78 is 10.4. The number of pyridine rings is 1. The molecule has 2 N–H and O–H groups in total. The van der Waals surface area contributed by atoms with Crippen molar-refractivity contribution in [3.63, 3.8) is 0 Å². The highest BCUT2D eigenvalue weighted by Crippen LogP contribution is 2.37. The molecule has 0 spiro atoms. The number of nitrogens with zero attached hydrogens (tertiary/aromatic N) is 1. The Labute approximate surface area is 97.9 Å². The lowest BCUT2D eigenvalue weighted by Crippen LogP contribution is -1.95. The predicted octanol–water partition coefficient (Wildman–Crippen LogP) is 2.49. The van der Waals surface area contributed by atoms with Gasteiger partial charge in [0.25, 0.3) is 0 Å². The summed E-state index contributed by atoms with van der Waals surface area (Å²) in [6, 6.07) is 5.14. The third-order valence-electron chi connectivity index (χ3n) is 2.30. The highest BCUT2D eigenvalue weighted by molar-refractivity contribution is 6.36. The standard InChI is InChI=1S/C11H11ClN2O2/c1-15-7-3-4-8(16-2)11-10(7)6(12)5-9(13)14-11/h3-5H,1-2H3,(H2,13,14). The second kappa shape index (κ2) is 4.06. The Morgan fingerprint density at radius 1 is 1.19 bits per heavy atom. The van der Waals surface area contributed by atoms with Gasteiger partial charge in [-0.05, 0) is 18.2 Å². The molecule has 2 aromatic rings. The highest BCUT2D eigenvalue weighted by atomic mass is 35.5. The van der Waals surface area contributed by atoms with Gasteiger partial charge in [-0.15, -0.1) is 0 Å². The van der Waals surface area contributed by atoms with Crippen molar-refractivity contribution in [1.29, 1.82) is 0 Å². The predicted molar refractivity (Wildman–Crippen MR) is 64.3 cm³/mol. The molecular formula is C11H11ClN2O2. The first-order chi connectivity index (χ1) is 7.67. The number of anilines is 1. The molecule has 16 heavy (non-hydrogen) atoms. The zero-order chi connectivity index (χ0) is 11.7. The van der Waals surface area contributed by atoms with Gasteiger partial charge in [0.2, 0.25) is 0 Å². The molecule has 2 rings (SSSR count). The van der Waals surface area contributed by atoms with Gasteiger partial charge in [-0.2, -0.15) is 0 Å². The monoisotopic (exact) mass is 238 g/mol. The van der Waals surface area contributed by atoms with Gasteiger partial charge in [0.15, 0.2) is 0 Å². The zero-order valence-corrected chi connectivity index (χ0v) is 9.71. The summed E-state index contributed by atoms with van der Waals surface area (Å²) >= 11 is 6.12. The van der Waals surface area contributed by atoms with E-state index in [1.165, 1.54) is 0 Å². The van der Waals surface area contributed by atoms with Crippen molar-refractivity contribution in [2.45, 2.75) is 0 Å². The van der Waals surface area contributed by atoms with Gasteiger partial charge in [-0.3, -0.25) is 0 Å². The largest absolute Gasteiger partial charge is 0.496 e. The van der Waals surface area contributed by atoms with Crippen LogP contribution >= 0.6 is 11.6 Å². The van der Waals surface area contributed by atoms with Crippen molar-refractivity contribution in [3.05, 3.63) is 23.2 Å². The van der Waals surface area contributed by atoms with E-state index in [4.69, 9.17) is 26.8 Å². The van der Waals surface area contributed by atoms with E-state index in [0.717, 1.165) is 0 Å². The molecule has 1 heterocycles.